The first-order valence-corrected chi connectivity index (χ1v) is 3.50. The molecule has 0 aliphatic heterocycles. The van der Waals surface area contributed by atoms with E-state index < -0.39 is 36.9 Å². The standard InChI is InChI=1S/C6H13NO6/c7-6(13,4(11)2-9)5(12)3(10)1-8/h3,5,8-10,12-13H,1-2,7H2/t3-,5+,6-/m1/s1. The smallest absolute Gasteiger partial charge is 0.207 e. The number of aliphatic hydroxyl groups excluding tert-OH is 4. The zero-order valence-corrected chi connectivity index (χ0v) is 6.79. The van der Waals surface area contributed by atoms with Gasteiger partial charge in [-0.3, -0.25) is 10.5 Å². The van der Waals surface area contributed by atoms with Crippen LogP contribution in [0.5, 0.6) is 0 Å². The van der Waals surface area contributed by atoms with Gasteiger partial charge in [0.05, 0.1) is 6.61 Å². The highest BCUT2D eigenvalue weighted by Gasteiger charge is 2.42. The van der Waals surface area contributed by atoms with Gasteiger partial charge >= 0.3 is 0 Å². The van der Waals surface area contributed by atoms with Crippen LogP contribution in [0.1, 0.15) is 0 Å². The quantitative estimate of drug-likeness (QED) is 0.245. The highest BCUT2D eigenvalue weighted by Crippen LogP contribution is 2.08. The van der Waals surface area contributed by atoms with Crippen LogP contribution in [0.3, 0.4) is 0 Å². The SMILES string of the molecule is N[C@@](O)(C(=O)CO)[C@@H](O)[C@H](O)CO. The van der Waals surface area contributed by atoms with Crippen LogP contribution in [-0.4, -0.2) is 62.5 Å². The molecule has 0 aromatic heterocycles. The molecule has 0 fully saturated rings. The minimum Gasteiger partial charge on any atom is -0.394 e. The summed E-state index contributed by atoms with van der Waals surface area (Å²) in [5.41, 5.74) is 2.16. The zero-order valence-electron chi connectivity index (χ0n) is 6.79. The second-order valence-electron chi connectivity index (χ2n) is 2.60. The fourth-order valence-corrected chi connectivity index (χ4v) is 0.685. The summed E-state index contributed by atoms with van der Waals surface area (Å²) in [5, 5.41) is 43.7. The van der Waals surface area contributed by atoms with Crippen molar-refractivity contribution in [3.63, 3.8) is 0 Å². The number of carbonyl (C=O) groups is 1. The van der Waals surface area contributed by atoms with Crippen LogP contribution in [0.15, 0.2) is 0 Å². The number of Topliss-reactive ketones (excluding diaryl/α,β-unsaturated/α-hetero) is 1. The van der Waals surface area contributed by atoms with E-state index in [1.54, 1.807) is 0 Å². The molecular weight excluding hydrogens is 182 g/mol. The van der Waals surface area contributed by atoms with Crippen molar-refractivity contribution in [3.05, 3.63) is 0 Å². The summed E-state index contributed by atoms with van der Waals surface area (Å²) in [5.74, 6) is -1.24. The Balaban J connectivity index is 4.52. The molecule has 0 heterocycles. The van der Waals surface area contributed by atoms with Crippen molar-refractivity contribution < 1.29 is 30.3 Å². The van der Waals surface area contributed by atoms with E-state index in [-0.39, 0.29) is 0 Å². The minimum absolute atomic E-state index is 0.862. The third kappa shape index (κ3) is 2.69. The van der Waals surface area contributed by atoms with Crippen LogP contribution in [0, 0.1) is 0 Å². The zero-order chi connectivity index (χ0) is 10.6. The van der Waals surface area contributed by atoms with E-state index in [1.165, 1.54) is 0 Å². The first-order chi connectivity index (χ1) is 5.87. The number of ketones is 1. The molecule has 0 aliphatic rings. The summed E-state index contributed by atoms with van der Waals surface area (Å²) in [6.45, 7) is -1.93. The molecule has 0 bridgehead atoms. The van der Waals surface area contributed by atoms with Crippen LogP contribution in [-0.2, 0) is 4.79 Å². The summed E-state index contributed by atoms with van der Waals surface area (Å²) in [6.07, 6.45) is -3.79. The van der Waals surface area contributed by atoms with E-state index in [9.17, 15) is 4.79 Å². The van der Waals surface area contributed by atoms with Crippen molar-refractivity contribution in [2.45, 2.75) is 17.9 Å². The molecule has 0 aromatic rings. The average molecular weight is 195 g/mol. The predicted octanol–water partition coefficient (Wildman–Crippen LogP) is -4.09. The molecule has 0 radical (unpaired) electrons. The highest BCUT2D eigenvalue weighted by molar-refractivity contribution is 5.88. The Labute approximate surface area is 74.0 Å². The van der Waals surface area contributed by atoms with Gasteiger partial charge in [-0.25, -0.2) is 0 Å². The van der Waals surface area contributed by atoms with Gasteiger partial charge in [0.2, 0.25) is 11.5 Å². The summed E-state index contributed by atoms with van der Waals surface area (Å²) in [7, 11) is 0. The van der Waals surface area contributed by atoms with Gasteiger partial charge in [-0.05, 0) is 0 Å². The number of aliphatic hydroxyl groups is 5. The predicted molar refractivity (Wildman–Crippen MR) is 40.3 cm³/mol. The number of hydrogen-bond donors (Lipinski definition) is 6. The maximum Gasteiger partial charge on any atom is 0.207 e. The molecule has 3 atom stereocenters. The molecule has 78 valence electrons. The van der Waals surface area contributed by atoms with E-state index in [0.717, 1.165) is 0 Å². The number of nitrogens with two attached hydrogens (primary N) is 1. The Morgan fingerprint density at radius 2 is 1.85 bits per heavy atom. The van der Waals surface area contributed by atoms with Crippen molar-refractivity contribution >= 4 is 5.78 Å². The van der Waals surface area contributed by atoms with Crippen molar-refractivity contribution in [2.24, 2.45) is 5.73 Å². The Kier molecular flexibility index (Phi) is 4.40. The highest BCUT2D eigenvalue weighted by atomic mass is 16.4. The summed E-state index contributed by atoms with van der Waals surface area (Å²) in [4.78, 5) is 10.7. The third-order valence-corrected chi connectivity index (χ3v) is 1.59. The van der Waals surface area contributed by atoms with Crippen molar-refractivity contribution in [1.29, 1.82) is 0 Å². The van der Waals surface area contributed by atoms with Gasteiger partial charge in [0, 0.05) is 0 Å². The molecule has 0 amide bonds. The molecule has 7 N–H and O–H groups in total. The van der Waals surface area contributed by atoms with Crippen LogP contribution in [0.2, 0.25) is 0 Å². The molecule has 0 saturated carbocycles. The maximum absolute atomic E-state index is 10.7. The van der Waals surface area contributed by atoms with Gasteiger partial charge in [-0.2, -0.15) is 0 Å². The Bertz CT molecular complexity index is 182. The second kappa shape index (κ2) is 4.61. The summed E-state index contributed by atoms with van der Waals surface area (Å²) >= 11 is 0. The lowest BCUT2D eigenvalue weighted by Crippen LogP contribution is -2.62. The van der Waals surface area contributed by atoms with Gasteiger partial charge in [0.1, 0.15) is 18.8 Å². The van der Waals surface area contributed by atoms with E-state index >= 15 is 0 Å². The lowest BCUT2D eigenvalue weighted by atomic mass is 9.98. The number of rotatable bonds is 5. The maximum atomic E-state index is 10.7. The van der Waals surface area contributed by atoms with Crippen molar-refractivity contribution in [1.82, 2.24) is 0 Å². The molecule has 0 unspecified atom stereocenters. The summed E-state index contributed by atoms with van der Waals surface area (Å²) in [6, 6.07) is 0. The molecule has 0 aliphatic carbocycles. The minimum atomic E-state index is -2.75. The number of carbonyl (C=O) groups excluding carboxylic acids is 1. The fraction of sp³-hybridized carbons (Fsp3) is 0.833. The Morgan fingerprint density at radius 1 is 1.38 bits per heavy atom. The van der Waals surface area contributed by atoms with Crippen LogP contribution < -0.4 is 5.73 Å². The van der Waals surface area contributed by atoms with E-state index in [1.807, 2.05) is 0 Å². The lowest BCUT2D eigenvalue weighted by Gasteiger charge is -2.28. The van der Waals surface area contributed by atoms with E-state index in [0.29, 0.717) is 0 Å². The lowest BCUT2D eigenvalue weighted by molar-refractivity contribution is -0.166. The van der Waals surface area contributed by atoms with E-state index in [4.69, 9.17) is 31.3 Å². The Hall–Kier alpha value is -0.570. The molecular formula is C6H13NO6. The van der Waals surface area contributed by atoms with E-state index in [2.05, 4.69) is 0 Å². The largest absolute Gasteiger partial charge is 0.394 e. The van der Waals surface area contributed by atoms with Crippen LogP contribution in [0.25, 0.3) is 0 Å². The summed E-state index contributed by atoms with van der Waals surface area (Å²) < 4.78 is 0. The van der Waals surface area contributed by atoms with Gasteiger partial charge < -0.3 is 25.5 Å². The average Bonchev–Trinajstić information content (AvgIpc) is 2.13. The van der Waals surface area contributed by atoms with Crippen LogP contribution >= 0.6 is 0 Å². The van der Waals surface area contributed by atoms with Crippen LogP contribution in [0.4, 0.5) is 0 Å². The van der Waals surface area contributed by atoms with Gasteiger partial charge in [-0.1, -0.05) is 0 Å². The van der Waals surface area contributed by atoms with Crippen molar-refractivity contribution in [3.8, 4) is 0 Å². The first-order valence-electron chi connectivity index (χ1n) is 3.50. The molecule has 0 spiro atoms. The molecule has 7 nitrogen and oxygen atoms in total. The van der Waals surface area contributed by atoms with Gasteiger partial charge in [-0.15, -0.1) is 0 Å². The number of hydrogen-bond acceptors (Lipinski definition) is 7. The molecule has 7 heteroatoms. The topological polar surface area (TPSA) is 144 Å². The third-order valence-electron chi connectivity index (χ3n) is 1.59. The normalized spacial score (nSPS) is 20.5. The molecule has 0 saturated heterocycles. The van der Waals surface area contributed by atoms with Crippen molar-refractivity contribution in [2.75, 3.05) is 13.2 Å². The molecule has 0 aromatic carbocycles. The second-order valence-corrected chi connectivity index (χ2v) is 2.60. The Morgan fingerprint density at radius 3 is 2.15 bits per heavy atom. The monoisotopic (exact) mass is 195 g/mol. The van der Waals surface area contributed by atoms with Gasteiger partial charge in [0.15, 0.2) is 0 Å². The first kappa shape index (κ1) is 12.4. The van der Waals surface area contributed by atoms with Gasteiger partial charge in [0.25, 0.3) is 0 Å². The molecule has 0 rings (SSSR count). The fourth-order valence-electron chi connectivity index (χ4n) is 0.685. The molecule has 13 heavy (non-hydrogen) atoms.